The molecule has 1 unspecified atom stereocenters. The van der Waals surface area contributed by atoms with Gasteiger partial charge in [0.05, 0.1) is 17.4 Å². The molecule has 0 bridgehead atoms. The highest BCUT2D eigenvalue weighted by Gasteiger charge is 2.28. The number of anilines is 2. The molecule has 3 rings (SSSR count). The van der Waals surface area contributed by atoms with Crippen molar-refractivity contribution in [1.29, 1.82) is 0 Å². The van der Waals surface area contributed by atoms with Crippen molar-refractivity contribution in [2.75, 3.05) is 17.2 Å². The zero-order chi connectivity index (χ0) is 25.2. The van der Waals surface area contributed by atoms with Gasteiger partial charge in [0.15, 0.2) is 0 Å². The van der Waals surface area contributed by atoms with Crippen LogP contribution >= 0.6 is 23.1 Å². The van der Waals surface area contributed by atoms with Gasteiger partial charge < -0.3 is 15.4 Å². The Morgan fingerprint density at radius 2 is 1.83 bits per heavy atom. The second-order valence-electron chi connectivity index (χ2n) is 8.67. The van der Waals surface area contributed by atoms with E-state index in [-0.39, 0.29) is 23.0 Å². The fourth-order valence-corrected chi connectivity index (χ4v) is 6.50. The number of hydrogen-bond acceptors (Lipinski definition) is 6. The summed E-state index contributed by atoms with van der Waals surface area (Å²) in [6, 6.07) is 7.57. The zero-order valence-corrected chi connectivity index (χ0v) is 22.5. The van der Waals surface area contributed by atoms with Crippen molar-refractivity contribution in [1.82, 2.24) is 0 Å². The molecule has 1 aromatic carbocycles. The summed E-state index contributed by atoms with van der Waals surface area (Å²) in [4.78, 5) is 40.3. The van der Waals surface area contributed by atoms with Crippen LogP contribution in [0.2, 0.25) is 0 Å². The van der Waals surface area contributed by atoms with E-state index in [0.717, 1.165) is 54.7 Å². The van der Waals surface area contributed by atoms with Crippen molar-refractivity contribution in [2.24, 2.45) is 0 Å². The van der Waals surface area contributed by atoms with E-state index < -0.39 is 0 Å². The lowest BCUT2D eigenvalue weighted by Gasteiger charge is -2.16. The predicted molar refractivity (Wildman–Crippen MR) is 145 cm³/mol. The minimum Gasteiger partial charge on any atom is -0.462 e. The van der Waals surface area contributed by atoms with Crippen molar-refractivity contribution in [3.63, 3.8) is 0 Å². The number of fused-ring (bicyclic) bond motifs is 1. The summed E-state index contributed by atoms with van der Waals surface area (Å²) in [5.74, 6) is -0.492. The Labute approximate surface area is 216 Å². The standard InChI is InChI=1S/C27H36N2O4S2/c1-4-12-23(30)28-18-13-11-14-19(17-18)34-21(5-2)25(31)29-26-24(27(32)33-6-3)20-15-9-7-8-10-16-22(20)35-26/h11,13-14,17,21H,4-10,12,15-16H2,1-3H3,(H,28,30)(H,29,31). The number of aryl methyl sites for hydroxylation is 1. The lowest BCUT2D eigenvalue weighted by atomic mass is 9.96. The molecule has 1 atom stereocenters. The molecular weight excluding hydrogens is 480 g/mol. The van der Waals surface area contributed by atoms with Crippen LogP contribution < -0.4 is 10.6 Å². The molecule has 6 nitrogen and oxygen atoms in total. The van der Waals surface area contributed by atoms with Crippen LogP contribution in [0.4, 0.5) is 10.7 Å². The molecule has 190 valence electrons. The van der Waals surface area contributed by atoms with Crippen molar-refractivity contribution in [3.05, 3.63) is 40.3 Å². The molecule has 0 saturated heterocycles. The molecule has 35 heavy (non-hydrogen) atoms. The summed E-state index contributed by atoms with van der Waals surface area (Å²) in [7, 11) is 0. The highest BCUT2D eigenvalue weighted by Crippen LogP contribution is 2.38. The number of carbonyl (C=O) groups is 3. The molecule has 1 aromatic heterocycles. The maximum absolute atomic E-state index is 13.3. The largest absolute Gasteiger partial charge is 0.462 e. The van der Waals surface area contributed by atoms with Gasteiger partial charge in [0.1, 0.15) is 5.00 Å². The molecule has 2 amide bonds. The number of nitrogens with one attached hydrogen (secondary N) is 2. The van der Waals surface area contributed by atoms with Gasteiger partial charge in [-0.25, -0.2) is 4.79 Å². The van der Waals surface area contributed by atoms with E-state index in [4.69, 9.17) is 4.74 Å². The normalized spacial score (nSPS) is 14.3. The smallest absolute Gasteiger partial charge is 0.341 e. The van der Waals surface area contributed by atoms with Crippen LogP contribution in [0.3, 0.4) is 0 Å². The van der Waals surface area contributed by atoms with E-state index in [1.165, 1.54) is 34.4 Å². The second kappa shape index (κ2) is 13.7. The van der Waals surface area contributed by atoms with Crippen LogP contribution in [0.15, 0.2) is 29.2 Å². The molecule has 1 aliphatic carbocycles. The Kier molecular flexibility index (Phi) is 10.7. The number of rotatable bonds is 10. The predicted octanol–water partition coefficient (Wildman–Crippen LogP) is 6.83. The summed E-state index contributed by atoms with van der Waals surface area (Å²) in [6.07, 6.45) is 8.17. The minimum absolute atomic E-state index is 0.0146. The van der Waals surface area contributed by atoms with Gasteiger partial charge in [0.2, 0.25) is 11.8 Å². The molecule has 0 spiro atoms. The number of amides is 2. The van der Waals surface area contributed by atoms with Gasteiger partial charge in [0.25, 0.3) is 0 Å². The Morgan fingerprint density at radius 3 is 2.54 bits per heavy atom. The van der Waals surface area contributed by atoms with Crippen molar-refractivity contribution in [2.45, 2.75) is 88.7 Å². The monoisotopic (exact) mass is 516 g/mol. The third kappa shape index (κ3) is 7.58. The van der Waals surface area contributed by atoms with Crippen LogP contribution in [0.1, 0.15) is 86.5 Å². The average Bonchev–Trinajstić information content (AvgIpc) is 3.13. The van der Waals surface area contributed by atoms with Crippen LogP contribution in [0.5, 0.6) is 0 Å². The van der Waals surface area contributed by atoms with Crippen molar-refractivity contribution >= 4 is 51.6 Å². The molecule has 0 aliphatic heterocycles. The number of esters is 1. The van der Waals surface area contributed by atoms with E-state index in [1.54, 1.807) is 6.92 Å². The average molecular weight is 517 g/mol. The topological polar surface area (TPSA) is 84.5 Å². The molecule has 2 N–H and O–H groups in total. The lowest BCUT2D eigenvalue weighted by molar-refractivity contribution is -0.116. The van der Waals surface area contributed by atoms with E-state index in [9.17, 15) is 14.4 Å². The number of thioether (sulfide) groups is 1. The SMILES string of the molecule is CCCC(=O)Nc1cccc(SC(CC)C(=O)Nc2sc3c(c2C(=O)OCC)CCCCCC3)c1. The molecule has 0 saturated carbocycles. The summed E-state index contributed by atoms with van der Waals surface area (Å²) < 4.78 is 5.37. The minimum atomic E-state index is -0.350. The fraction of sp³-hybridized carbons (Fsp3) is 0.519. The quantitative estimate of drug-likeness (QED) is 0.267. The number of carbonyl (C=O) groups excluding carboxylic acids is 3. The van der Waals surface area contributed by atoms with Crippen LogP contribution in [0.25, 0.3) is 0 Å². The molecule has 2 aromatic rings. The molecular formula is C27H36N2O4S2. The second-order valence-corrected chi connectivity index (χ2v) is 11.1. The third-order valence-corrected chi connectivity index (χ3v) is 8.49. The Balaban J connectivity index is 1.78. The van der Waals surface area contributed by atoms with Gasteiger partial charge in [-0.1, -0.05) is 32.8 Å². The first-order valence-electron chi connectivity index (χ1n) is 12.7. The summed E-state index contributed by atoms with van der Waals surface area (Å²) >= 11 is 2.99. The van der Waals surface area contributed by atoms with Gasteiger partial charge in [-0.15, -0.1) is 23.1 Å². The molecule has 1 heterocycles. The first-order valence-corrected chi connectivity index (χ1v) is 14.3. The van der Waals surface area contributed by atoms with Gasteiger partial charge in [-0.2, -0.15) is 0 Å². The van der Waals surface area contributed by atoms with Gasteiger partial charge in [0, 0.05) is 21.9 Å². The maximum atomic E-state index is 13.3. The lowest BCUT2D eigenvalue weighted by Crippen LogP contribution is -2.25. The molecule has 8 heteroatoms. The van der Waals surface area contributed by atoms with Crippen molar-refractivity contribution < 1.29 is 19.1 Å². The Bertz CT molecular complexity index is 1030. The van der Waals surface area contributed by atoms with Crippen molar-refractivity contribution in [3.8, 4) is 0 Å². The van der Waals surface area contributed by atoms with Gasteiger partial charge in [-0.3, -0.25) is 9.59 Å². The highest BCUT2D eigenvalue weighted by atomic mass is 32.2. The molecule has 1 aliphatic rings. The van der Waals surface area contributed by atoms with Crippen LogP contribution in [-0.2, 0) is 27.2 Å². The third-order valence-electron chi connectivity index (χ3n) is 5.92. The first kappa shape index (κ1) is 27.3. The molecule has 0 radical (unpaired) electrons. The number of ether oxygens (including phenoxy) is 1. The Hall–Kier alpha value is -2.32. The maximum Gasteiger partial charge on any atom is 0.341 e. The van der Waals surface area contributed by atoms with E-state index in [1.807, 2.05) is 38.1 Å². The zero-order valence-electron chi connectivity index (χ0n) is 20.9. The number of benzene rings is 1. The first-order chi connectivity index (χ1) is 17.0. The summed E-state index contributed by atoms with van der Waals surface area (Å²) in [6.45, 7) is 6.05. The van der Waals surface area contributed by atoms with E-state index >= 15 is 0 Å². The molecule has 0 fully saturated rings. The fourth-order valence-electron chi connectivity index (χ4n) is 4.20. The summed E-state index contributed by atoms with van der Waals surface area (Å²) in [5.41, 5.74) is 2.33. The number of thiophene rings is 1. The summed E-state index contributed by atoms with van der Waals surface area (Å²) in [5, 5.41) is 6.26. The van der Waals surface area contributed by atoms with E-state index in [0.29, 0.717) is 30.0 Å². The Morgan fingerprint density at radius 1 is 1.06 bits per heavy atom. The van der Waals surface area contributed by atoms with Gasteiger partial charge in [-0.05, 0) is 69.2 Å². The number of hydrogen-bond donors (Lipinski definition) is 2. The van der Waals surface area contributed by atoms with Crippen LogP contribution in [0, 0.1) is 0 Å². The van der Waals surface area contributed by atoms with Crippen LogP contribution in [-0.4, -0.2) is 29.6 Å². The van der Waals surface area contributed by atoms with Gasteiger partial charge >= 0.3 is 5.97 Å². The highest BCUT2D eigenvalue weighted by molar-refractivity contribution is 8.00. The van der Waals surface area contributed by atoms with E-state index in [2.05, 4.69) is 10.6 Å².